The van der Waals surface area contributed by atoms with Gasteiger partial charge < -0.3 is 4.43 Å². The van der Waals surface area contributed by atoms with E-state index in [0.717, 1.165) is 0 Å². The number of nitrogens with zero attached hydrogens (tertiary/aromatic N) is 1. The summed E-state index contributed by atoms with van der Waals surface area (Å²) in [5.41, 5.74) is -0.0378. The normalized spacial score (nSPS) is 12.3. The van der Waals surface area contributed by atoms with Crippen molar-refractivity contribution in [3.05, 3.63) is 33.3 Å². The number of rotatable bonds is 3. The van der Waals surface area contributed by atoms with Gasteiger partial charge in [-0.15, -0.1) is 0 Å². The van der Waals surface area contributed by atoms with Crippen molar-refractivity contribution in [2.24, 2.45) is 0 Å². The monoisotopic (exact) mass is 287 g/mol. The maximum atomic E-state index is 11.0. The SMILES string of the molecule is CC(C)(C)[Si](C)(C)Oc1cc(Cl)ccc1[N+](=O)[O-]. The molecule has 0 aliphatic heterocycles. The maximum absolute atomic E-state index is 11.0. The minimum Gasteiger partial charge on any atom is -0.539 e. The van der Waals surface area contributed by atoms with Crippen molar-refractivity contribution in [1.29, 1.82) is 0 Å². The number of halogens is 1. The first-order chi connectivity index (χ1) is 8.04. The lowest BCUT2D eigenvalue weighted by Crippen LogP contribution is -2.44. The van der Waals surface area contributed by atoms with Crippen LogP contribution < -0.4 is 4.43 Å². The van der Waals surface area contributed by atoms with Crippen LogP contribution in [0.15, 0.2) is 18.2 Å². The third kappa shape index (κ3) is 3.23. The Bertz CT molecular complexity index is 469. The first kappa shape index (κ1) is 15.0. The molecule has 0 fully saturated rings. The number of nitro benzene ring substituents is 1. The lowest BCUT2D eigenvalue weighted by molar-refractivity contribution is -0.385. The molecule has 0 aliphatic carbocycles. The summed E-state index contributed by atoms with van der Waals surface area (Å²) in [7, 11) is -2.11. The van der Waals surface area contributed by atoms with E-state index in [4.69, 9.17) is 16.0 Å². The van der Waals surface area contributed by atoms with Crippen LogP contribution in [0, 0.1) is 10.1 Å². The molecule has 6 heteroatoms. The Labute approximate surface area is 113 Å². The molecule has 0 atom stereocenters. The molecule has 0 heterocycles. The zero-order valence-electron chi connectivity index (χ0n) is 11.3. The lowest BCUT2D eigenvalue weighted by Gasteiger charge is -2.36. The highest BCUT2D eigenvalue weighted by molar-refractivity contribution is 6.74. The zero-order valence-corrected chi connectivity index (χ0v) is 13.0. The first-order valence-corrected chi connectivity index (χ1v) is 8.96. The van der Waals surface area contributed by atoms with E-state index in [0.29, 0.717) is 5.02 Å². The second kappa shape index (κ2) is 4.89. The fraction of sp³-hybridized carbons (Fsp3) is 0.500. The van der Waals surface area contributed by atoms with E-state index >= 15 is 0 Å². The van der Waals surface area contributed by atoms with Gasteiger partial charge in [-0.2, -0.15) is 0 Å². The summed E-state index contributed by atoms with van der Waals surface area (Å²) in [6.07, 6.45) is 0. The fourth-order valence-corrected chi connectivity index (χ4v) is 2.33. The van der Waals surface area contributed by atoms with Crippen LogP contribution in [0.3, 0.4) is 0 Å². The molecule has 0 aromatic heterocycles. The number of nitro groups is 1. The predicted molar refractivity (Wildman–Crippen MR) is 75.9 cm³/mol. The van der Waals surface area contributed by atoms with Gasteiger partial charge in [-0.1, -0.05) is 32.4 Å². The molecule has 18 heavy (non-hydrogen) atoms. The molecule has 0 amide bonds. The molecule has 0 spiro atoms. The fourth-order valence-electron chi connectivity index (χ4n) is 1.15. The molecule has 0 saturated heterocycles. The molecular formula is C12H18ClNO3Si. The number of hydrogen-bond acceptors (Lipinski definition) is 3. The first-order valence-electron chi connectivity index (χ1n) is 5.67. The summed E-state index contributed by atoms with van der Waals surface area (Å²) < 4.78 is 5.95. The molecule has 0 radical (unpaired) electrons. The maximum Gasteiger partial charge on any atom is 0.309 e. The second-order valence-corrected chi connectivity index (χ2v) is 10.9. The van der Waals surface area contributed by atoms with E-state index in [1.54, 1.807) is 0 Å². The molecule has 0 unspecified atom stereocenters. The highest BCUT2D eigenvalue weighted by Crippen LogP contribution is 2.40. The van der Waals surface area contributed by atoms with Crippen molar-refractivity contribution in [3.63, 3.8) is 0 Å². The Morgan fingerprint density at radius 3 is 2.33 bits per heavy atom. The Morgan fingerprint density at radius 2 is 1.89 bits per heavy atom. The topological polar surface area (TPSA) is 52.4 Å². The van der Waals surface area contributed by atoms with Gasteiger partial charge in [0.05, 0.1) is 4.92 Å². The van der Waals surface area contributed by atoms with E-state index in [9.17, 15) is 10.1 Å². The molecule has 1 aromatic carbocycles. The molecule has 1 rings (SSSR count). The van der Waals surface area contributed by atoms with Crippen LogP contribution in [0.5, 0.6) is 5.75 Å². The van der Waals surface area contributed by atoms with Gasteiger partial charge in [0.1, 0.15) is 0 Å². The van der Waals surface area contributed by atoms with Gasteiger partial charge in [0.2, 0.25) is 0 Å². The van der Waals surface area contributed by atoms with Crippen LogP contribution in [0.4, 0.5) is 5.69 Å². The largest absolute Gasteiger partial charge is 0.539 e. The Balaban J connectivity index is 3.18. The minimum absolute atomic E-state index is 0.0246. The quantitative estimate of drug-likeness (QED) is 0.462. The van der Waals surface area contributed by atoms with Crippen molar-refractivity contribution < 1.29 is 9.35 Å². The van der Waals surface area contributed by atoms with E-state index in [1.807, 2.05) is 13.1 Å². The lowest BCUT2D eigenvalue weighted by atomic mass is 10.2. The molecule has 4 nitrogen and oxygen atoms in total. The summed E-state index contributed by atoms with van der Waals surface area (Å²) >= 11 is 5.88. The van der Waals surface area contributed by atoms with Crippen LogP contribution in [0.1, 0.15) is 20.8 Å². The van der Waals surface area contributed by atoms with Gasteiger partial charge >= 0.3 is 5.69 Å². The highest BCUT2D eigenvalue weighted by atomic mass is 35.5. The summed E-state index contributed by atoms with van der Waals surface area (Å²) in [6.45, 7) is 10.3. The smallest absolute Gasteiger partial charge is 0.309 e. The van der Waals surface area contributed by atoms with Crippen molar-refractivity contribution in [1.82, 2.24) is 0 Å². The van der Waals surface area contributed by atoms with Crippen LogP contribution in [0.25, 0.3) is 0 Å². The minimum atomic E-state index is -2.11. The van der Waals surface area contributed by atoms with Crippen molar-refractivity contribution in [2.45, 2.75) is 38.9 Å². The summed E-state index contributed by atoms with van der Waals surface area (Å²) in [5.74, 6) is 0.263. The third-order valence-corrected chi connectivity index (χ3v) is 7.87. The average molecular weight is 288 g/mol. The van der Waals surface area contributed by atoms with Gasteiger partial charge in [0.25, 0.3) is 8.32 Å². The van der Waals surface area contributed by atoms with E-state index < -0.39 is 13.2 Å². The van der Waals surface area contributed by atoms with Gasteiger partial charge in [0.15, 0.2) is 5.75 Å². The highest BCUT2D eigenvalue weighted by Gasteiger charge is 2.40. The number of hydrogen-bond donors (Lipinski definition) is 0. The van der Waals surface area contributed by atoms with E-state index in [2.05, 4.69) is 20.8 Å². The van der Waals surface area contributed by atoms with Gasteiger partial charge in [-0.3, -0.25) is 10.1 Å². The van der Waals surface area contributed by atoms with Gasteiger partial charge in [-0.25, -0.2) is 0 Å². The second-order valence-electron chi connectivity index (χ2n) is 5.73. The van der Waals surface area contributed by atoms with Crippen LogP contribution in [-0.2, 0) is 0 Å². The molecule has 0 aliphatic rings. The Kier molecular flexibility index (Phi) is 4.07. The molecule has 0 saturated carbocycles. The Morgan fingerprint density at radius 1 is 1.33 bits per heavy atom. The molecule has 1 aromatic rings. The van der Waals surface area contributed by atoms with E-state index in [-0.39, 0.29) is 16.5 Å². The van der Waals surface area contributed by atoms with Crippen LogP contribution >= 0.6 is 11.6 Å². The van der Waals surface area contributed by atoms with Gasteiger partial charge in [0, 0.05) is 17.2 Å². The molecule has 0 bridgehead atoms. The average Bonchev–Trinajstić information content (AvgIpc) is 2.14. The summed E-state index contributed by atoms with van der Waals surface area (Å²) in [5, 5.41) is 11.4. The zero-order chi connectivity index (χ0) is 14.1. The molecular weight excluding hydrogens is 270 g/mol. The van der Waals surface area contributed by atoms with Crippen LogP contribution in [0.2, 0.25) is 23.2 Å². The summed E-state index contributed by atoms with van der Waals surface area (Å²) in [6, 6.07) is 4.39. The third-order valence-electron chi connectivity index (χ3n) is 3.29. The predicted octanol–water partition coefficient (Wildman–Crippen LogP) is 4.63. The van der Waals surface area contributed by atoms with Crippen molar-refractivity contribution >= 4 is 25.6 Å². The van der Waals surface area contributed by atoms with Crippen molar-refractivity contribution in [3.8, 4) is 5.75 Å². The van der Waals surface area contributed by atoms with Crippen molar-refractivity contribution in [2.75, 3.05) is 0 Å². The standard InChI is InChI=1S/C12H18ClNO3Si/c1-12(2,3)18(4,5)17-11-8-9(13)6-7-10(11)14(15)16/h6-8H,1-5H3. The van der Waals surface area contributed by atoms with Gasteiger partial charge in [-0.05, 0) is 24.2 Å². The van der Waals surface area contributed by atoms with Crippen LogP contribution in [-0.4, -0.2) is 13.2 Å². The molecule has 100 valence electrons. The number of benzene rings is 1. The summed E-state index contributed by atoms with van der Waals surface area (Å²) in [4.78, 5) is 10.5. The van der Waals surface area contributed by atoms with E-state index in [1.165, 1.54) is 18.2 Å². The Hall–Kier alpha value is -1.07. The molecule has 0 N–H and O–H groups in total.